The maximum Gasteiger partial charge on any atom is 0.229 e. The van der Waals surface area contributed by atoms with Crippen molar-refractivity contribution in [2.75, 3.05) is 45.8 Å². The molecule has 0 saturated carbocycles. The quantitative estimate of drug-likeness (QED) is 0.702. The summed E-state index contributed by atoms with van der Waals surface area (Å²) in [5.74, 6) is 1.77. The van der Waals surface area contributed by atoms with Gasteiger partial charge in [-0.05, 0) is 39.0 Å². The molecule has 0 aromatic carbocycles. The summed E-state index contributed by atoms with van der Waals surface area (Å²) in [7, 11) is -1.49. The van der Waals surface area contributed by atoms with Gasteiger partial charge in [0.15, 0.2) is 5.82 Å². The monoisotopic (exact) mass is 387 g/mol. The van der Waals surface area contributed by atoms with E-state index in [1.54, 1.807) is 18.3 Å². The van der Waals surface area contributed by atoms with Gasteiger partial charge in [-0.25, -0.2) is 12.7 Å². The van der Waals surface area contributed by atoms with Gasteiger partial charge in [-0.15, -0.1) is 0 Å². The number of methoxy groups -OCH3 is 1. The fourth-order valence-electron chi connectivity index (χ4n) is 3.82. The summed E-state index contributed by atoms with van der Waals surface area (Å²) in [6.45, 7) is 4.69. The number of piperidine rings is 1. The number of nitrogens with zero attached hydrogens (tertiary/aromatic N) is 3. The fraction of sp³-hybridized carbons (Fsp3) is 0.882. The van der Waals surface area contributed by atoms with Crippen LogP contribution in [-0.2, 0) is 24.9 Å². The lowest BCUT2D eigenvalue weighted by molar-refractivity contribution is 0.0778. The van der Waals surface area contributed by atoms with E-state index < -0.39 is 10.0 Å². The molecule has 0 radical (unpaired) electrons. The van der Waals surface area contributed by atoms with E-state index in [1.165, 1.54) is 0 Å². The Bertz CT molecular complexity index is 676. The average molecular weight is 388 g/mol. The van der Waals surface area contributed by atoms with Crippen molar-refractivity contribution in [3.8, 4) is 0 Å². The summed E-state index contributed by atoms with van der Waals surface area (Å²) in [5, 5.41) is 4.30. The van der Waals surface area contributed by atoms with Gasteiger partial charge in [-0.1, -0.05) is 5.16 Å². The molecule has 3 rings (SSSR count). The highest BCUT2D eigenvalue weighted by Crippen LogP contribution is 2.39. The maximum absolute atomic E-state index is 12.2. The largest absolute Gasteiger partial charge is 0.385 e. The molecule has 0 aliphatic carbocycles. The van der Waals surface area contributed by atoms with Gasteiger partial charge < -0.3 is 14.0 Å². The van der Waals surface area contributed by atoms with E-state index in [0.717, 1.165) is 32.5 Å². The first-order chi connectivity index (χ1) is 12.5. The van der Waals surface area contributed by atoms with Gasteiger partial charge in [0.05, 0.1) is 5.75 Å². The molecule has 0 spiro atoms. The van der Waals surface area contributed by atoms with Crippen molar-refractivity contribution < 1.29 is 22.4 Å². The minimum Gasteiger partial charge on any atom is -0.385 e. The Morgan fingerprint density at radius 2 is 1.96 bits per heavy atom. The molecule has 0 bridgehead atoms. The molecule has 2 aliphatic heterocycles. The van der Waals surface area contributed by atoms with Crippen molar-refractivity contribution >= 4 is 10.0 Å². The van der Waals surface area contributed by atoms with Crippen LogP contribution in [0.15, 0.2) is 4.52 Å². The number of ether oxygens (including phenoxy) is 2. The van der Waals surface area contributed by atoms with Crippen LogP contribution in [0.3, 0.4) is 0 Å². The van der Waals surface area contributed by atoms with Crippen molar-refractivity contribution in [3.05, 3.63) is 11.7 Å². The molecule has 0 unspecified atom stereocenters. The van der Waals surface area contributed by atoms with Crippen molar-refractivity contribution in [2.45, 2.75) is 50.4 Å². The topological polar surface area (TPSA) is 94.8 Å². The molecular weight excluding hydrogens is 358 g/mol. The zero-order valence-corrected chi connectivity index (χ0v) is 16.5. The van der Waals surface area contributed by atoms with Gasteiger partial charge in [0.25, 0.3) is 0 Å². The van der Waals surface area contributed by atoms with Crippen molar-refractivity contribution in [2.24, 2.45) is 0 Å². The van der Waals surface area contributed by atoms with E-state index in [4.69, 9.17) is 19.0 Å². The molecule has 26 heavy (non-hydrogen) atoms. The molecule has 1 aromatic rings. The lowest BCUT2D eigenvalue weighted by Gasteiger charge is -2.39. The molecule has 0 amide bonds. The van der Waals surface area contributed by atoms with E-state index in [0.29, 0.717) is 44.3 Å². The molecule has 2 aliphatic rings. The molecule has 8 nitrogen and oxygen atoms in total. The standard InChI is InChI=1S/C17H29N3O5S/c1-3-26(21,22)20-9-6-17(7-10-20,8-13-23-2)16-18-15(25-19-16)14-4-11-24-12-5-14/h14H,3-13H2,1-2H3. The number of hydrogen-bond donors (Lipinski definition) is 0. The molecular formula is C17H29N3O5S. The zero-order chi connectivity index (χ0) is 18.6. The third kappa shape index (κ3) is 4.11. The zero-order valence-electron chi connectivity index (χ0n) is 15.6. The average Bonchev–Trinajstić information content (AvgIpc) is 3.18. The van der Waals surface area contributed by atoms with Gasteiger partial charge in [0.1, 0.15) is 0 Å². The SMILES string of the molecule is CCS(=O)(=O)N1CCC(CCOC)(c2noc(C3CCOCC3)n2)CC1. The first-order valence-electron chi connectivity index (χ1n) is 9.39. The van der Waals surface area contributed by atoms with Crippen LogP contribution in [0, 0.1) is 0 Å². The van der Waals surface area contributed by atoms with Crippen LogP contribution in [0.4, 0.5) is 0 Å². The summed E-state index contributed by atoms with van der Waals surface area (Å²) >= 11 is 0. The molecule has 0 N–H and O–H groups in total. The number of hydrogen-bond acceptors (Lipinski definition) is 7. The third-order valence-corrected chi connectivity index (χ3v) is 7.59. The Hall–Kier alpha value is -1.03. The van der Waals surface area contributed by atoms with Crippen molar-refractivity contribution in [3.63, 3.8) is 0 Å². The van der Waals surface area contributed by atoms with Gasteiger partial charge in [0, 0.05) is 51.4 Å². The van der Waals surface area contributed by atoms with Crippen LogP contribution in [-0.4, -0.2) is 68.6 Å². The summed E-state index contributed by atoms with van der Waals surface area (Å²) in [4.78, 5) is 4.73. The summed E-state index contributed by atoms with van der Waals surface area (Å²) in [6, 6.07) is 0. The van der Waals surface area contributed by atoms with E-state index in [1.807, 2.05) is 0 Å². The van der Waals surface area contributed by atoms with Crippen LogP contribution in [0.1, 0.15) is 56.7 Å². The summed E-state index contributed by atoms with van der Waals surface area (Å²) in [6.07, 6.45) is 3.92. The van der Waals surface area contributed by atoms with Crippen LogP contribution in [0.25, 0.3) is 0 Å². The minimum absolute atomic E-state index is 0.133. The fourth-order valence-corrected chi connectivity index (χ4v) is 4.92. The number of rotatable bonds is 7. The van der Waals surface area contributed by atoms with Crippen LogP contribution in [0.2, 0.25) is 0 Å². The number of aromatic nitrogens is 2. The van der Waals surface area contributed by atoms with E-state index in [9.17, 15) is 8.42 Å². The molecule has 2 saturated heterocycles. The lowest BCUT2D eigenvalue weighted by Crippen LogP contribution is -2.46. The van der Waals surface area contributed by atoms with Crippen LogP contribution >= 0.6 is 0 Å². The van der Waals surface area contributed by atoms with Gasteiger partial charge in [-0.3, -0.25) is 0 Å². The van der Waals surface area contributed by atoms with Crippen LogP contribution in [0.5, 0.6) is 0 Å². The number of sulfonamides is 1. The minimum atomic E-state index is -3.16. The van der Waals surface area contributed by atoms with E-state index in [2.05, 4.69) is 5.16 Å². The Kier molecular flexibility index (Phi) is 6.32. The second kappa shape index (κ2) is 8.33. The lowest BCUT2D eigenvalue weighted by atomic mass is 9.75. The smallest absolute Gasteiger partial charge is 0.229 e. The van der Waals surface area contributed by atoms with Gasteiger partial charge in [0.2, 0.25) is 15.9 Å². The highest BCUT2D eigenvalue weighted by Gasteiger charge is 2.42. The normalized spacial score (nSPS) is 22.5. The maximum atomic E-state index is 12.2. The molecule has 2 fully saturated rings. The first kappa shape index (κ1) is 19.7. The first-order valence-corrected chi connectivity index (χ1v) is 11.0. The molecule has 1 aromatic heterocycles. The molecule has 3 heterocycles. The molecule has 0 atom stereocenters. The van der Waals surface area contributed by atoms with Crippen molar-refractivity contribution in [1.29, 1.82) is 0 Å². The second-order valence-electron chi connectivity index (χ2n) is 7.17. The van der Waals surface area contributed by atoms with E-state index >= 15 is 0 Å². The Morgan fingerprint density at radius 3 is 2.58 bits per heavy atom. The third-order valence-electron chi connectivity index (χ3n) is 5.71. The van der Waals surface area contributed by atoms with Gasteiger partial charge >= 0.3 is 0 Å². The van der Waals surface area contributed by atoms with Gasteiger partial charge in [-0.2, -0.15) is 4.98 Å². The Labute approximate surface area is 155 Å². The predicted octanol–water partition coefficient (Wildman–Crippen LogP) is 1.68. The van der Waals surface area contributed by atoms with E-state index in [-0.39, 0.29) is 17.1 Å². The van der Waals surface area contributed by atoms with Crippen LogP contribution < -0.4 is 0 Å². The highest BCUT2D eigenvalue weighted by molar-refractivity contribution is 7.89. The van der Waals surface area contributed by atoms with Crippen molar-refractivity contribution in [1.82, 2.24) is 14.4 Å². The Balaban J connectivity index is 1.77. The molecule has 9 heteroatoms. The second-order valence-corrected chi connectivity index (χ2v) is 9.42. The summed E-state index contributed by atoms with van der Waals surface area (Å²) < 4.78 is 42.2. The summed E-state index contributed by atoms with van der Waals surface area (Å²) in [5.41, 5.74) is -0.289. The predicted molar refractivity (Wildman–Crippen MR) is 95.5 cm³/mol. The molecule has 148 valence electrons. The Morgan fingerprint density at radius 1 is 1.27 bits per heavy atom. The highest BCUT2D eigenvalue weighted by atomic mass is 32.2.